The standard InChI is InChI=1S/C11H25NOSi/c1-11(2,3)14(4,5)13-9-10-7-6-8-12-10/h10,12H,6-9H2,1-5H3. The van der Waals surface area contributed by atoms with E-state index in [0.29, 0.717) is 11.1 Å². The highest BCUT2D eigenvalue weighted by atomic mass is 28.4. The predicted octanol–water partition coefficient (Wildman–Crippen LogP) is 2.76. The molecule has 0 aliphatic carbocycles. The summed E-state index contributed by atoms with van der Waals surface area (Å²) in [6, 6.07) is 0.615. The van der Waals surface area contributed by atoms with E-state index >= 15 is 0 Å². The van der Waals surface area contributed by atoms with Gasteiger partial charge in [0.1, 0.15) is 0 Å². The summed E-state index contributed by atoms with van der Waals surface area (Å²) in [5, 5.41) is 3.82. The first-order chi connectivity index (χ1) is 6.33. The molecule has 0 aromatic carbocycles. The lowest BCUT2D eigenvalue weighted by Gasteiger charge is -2.37. The van der Waals surface area contributed by atoms with Crippen LogP contribution in [0.25, 0.3) is 0 Å². The molecule has 84 valence electrons. The van der Waals surface area contributed by atoms with E-state index < -0.39 is 8.32 Å². The van der Waals surface area contributed by atoms with Crippen LogP contribution in [0.2, 0.25) is 18.1 Å². The van der Waals surface area contributed by atoms with Crippen LogP contribution in [0, 0.1) is 0 Å². The van der Waals surface area contributed by atoms with E-state index in [2.05, 4.69) is 39.2 Å². The molecule has 3 heteroatoms. The minimum Gasteiger partial charge on any atom is -0.415 e. The fraction of sp³-hybridized carbons (Fsp3) is 1.00. The van der Waals surface area contributed by atoms with Gasteiger partial charge in [-0.15, -0.1) is 0 Å². The van der Waals surface area contributed by atoms with E-state index in [4.69, 9.17) is 4.43 Å². The molecule has 1 aliphatic heterocycles. The zero-order valence-corrected chi connectivity index (χ0v) is 11.3. The molecule has 0 bridgehead atoms. The molecule has 0 amide bonds. The molecule has 1 fully saturated rings. The van der Waals surface area contributed by atoms with Crippen LogP contribution in [0.3, 0.4) is 0 Å². The zero-order chi connectivity index (χ0) is 10.8. The lowest BCUT2D eigenvalue weighted by Crippen LogP contribution is -2.43. The molecule has 0 aromatic heterocycles. The van der Waals surface area contributed by atoms with Crippen LogP contribution in [-0.2, 0) is 4.43 Å². The number of nitrogens with one attached hydrogen (secondary N) is 1. The van der Waals surface area contributed by atoms with Gasteiger partial charge in [-0.2, -0.15) is 0 Å². The fourth-order valence-electron chi connectivity index (χ4n) is 1.42. The van der Waals surface area contributed by atoms with Crippen molar-refractivity contribution in [2.24, 2.45) is 0 Å². The van der Waals surface area contributed by atoms with Crippen molar-refractivity contribution < 1.29 is 4.43 Å². The third-order valence-electron chi connectivity index (χ3n) is 3.61. The Kier molecular flexibility index (Phi) is 3.78. The molecule has 2 nitrogen and oxygen atoms in total. The molecule has 0 spiro atoms. The van der Waals surface area contributed by atoms with Crippen molar-refractivity contribution in [1.29, 1.82) is 0 Å². The third-order valence-corrected chi connectivity index (χ3v) is 8.11. The first-order valence-corrected chi connectivity index (χ1v) is 8.61. The highest BCUT2D eigenvalue weighted by Gasteiger charge is 2.37. The van der Waals surface area contributed by atoms with E-state index in [1.807, 2.05) is 0 Å². The molecule has 0 radical (unpaired) electrons. The molecular formula is C11H25NOSi. The van der Waals surface area contributed by atoms with E-state index in [1.54, 1.807) is 0 Å². The Bertz CT molecular complexity index is 180. The Morgan fingerprint density at radius 3 is 2.43 bits per heavy atom. The molecule has 0 aromatic rings. The maximum atomic E-state index is 6.15. The normalized spacial score (nSPS) is 24.2. The summed E-state index contributed by atoms with van der Waals surface area (Å²) < 4.78 is 6.15. The molecule has 1 heterocycles. The smallest absolute Gasteiger partial charge is 0.192 e. The summed E-state index contributed by atoms with van der Waals surface area (Å²) in [4.78, 5) is 0. The second kappa shape index (κ2) is 4.33. The summed E-state index contributed by atoms with van der Waals surface area (Å²) in [7, 11) is -1.51. The van der Waals surface area contributed by atoms with Gasteiger partial charge >= 0.3 is 0 Å². The van der Waals surface area contributed by atoms with Crippen molar-refractivity contribution >= 4 is 8.32 Å². The van der Waals surface area contributed by atoms with Crippen molar-refractivity contribution in [3.63, 3.8) is 0 Å². The Morgan fingerprint density at radius 1 is 1.36 bits per heavy atom. The molecule has 1 atom stereocenters. The van der Waals surface area contributed by atoms with Gasteiger partial charge in [-0.3, -0.25) is 0 Å². The maximum absolute atomic E-state index is 6.15. The van der Waals surface area contributed by atoms with Gasteiger partial charge in [0.15, 0.2) is 8.32 Å². The summed E-state index contributed by atoms with van der Waals surface area (Å²) in [6.45, 7) is 13.6. The first kappa shape index (κ1) is 12.2. The van der Waals surface area contributed by atoms with Crippen LogP contribution in [-0.4, -0.2) is 27.5 Å². The van der Waals surface area contributed by atoms with Gasteiger partial charge in [0.2, 0.25) is 0 Å². The van der Waals surface area contributed by atoms with Crippen molar-refractivity contribution in [2.45, 2.75) is 57.8 Å². The number of hydrogen-bond acceptors (Lipinski definition) is 2. The second-order valence-corrected chi connectivity index (χ2v) is 10.7. The van der Waals surface area contributed by atoms with Crippen LogP contribution in [0.15, 0.2) is 0 Å². The molecule has 1 aliphatic rings. The maximum Gasteiger partial charge on any atom is 0.192 e. The molecule has 1 saturated heterocycles. The van der Waals surface area contributed by atoms with Gasteiger partial charge in [0.25, 0.3) is 0 Å². The summed E-state index contributed by atoms with van der Waals surface area (Å²) >= 11 is 0. The number of hydrogen-bond donors (Lipinski definition) is 1. The quantitative estimate of drug-likeness (QED) is 0.731. The molecule has 14 heavy (non-hydrogen) atoms. The van der Waals surface area contributed by atoms with Gasteiger partial charge < -0.3 is 9.74 Å². The first-order valence-electron chi connectivity index (χ1n) is 5.70. The van der Waals surface area contributed by atoms with E-state index in [-0.39, 0.29) is 0 Å². The van der Waals surface area contributed by atoms with Crippen LogP contribution in [0.5, 0.6) is 0 Å². The van der Waals surface area contributed by atoms with Crippen molar-refractivity contribution in [2.75, 3.05) is 13.2 Å². The third kappa shape index (κ3) is 3.07. The van der Waals surface area contributed by atoms with E-state index in [9.17, 15) is 0 Å². The van der Waals surface area contributed by atoms with Crippen LogP contribution in [0.4, 0.5) is 0 Å². The second-order valence-electron chi connectivity index (χ2n) is 5.86. The zero-order valence-electron chi connectivity index (χ0n) is 10.3. The molecule has 0 saturated carbocycles. The van der Waals surface area contributed by atoms with Crippen molar-refractivity contribution in [3.8, 4) is 0 Å². The summed E-state index contributed by atoms with van der Waals surface area (Å²) in [6.07, 6.45) is 2.60. The Balaban J connectivity index is 2.35. The fourth-order valence-corrected chi connectivity index (χ4v) is 2.48. The molecule has 1 unspecified atom stereocenters. The van der Waals surface area contributed by atoms with Gasteiger partial charge in [0.05, 0.1) is 0 Å². The summed E-state index contributed by atoms with van der Waals surface area (Å²) in [5.74, 6) is 0. The van der Waals surface area contributed by atoms with Crippen molar-refractivity contribution in [3.05, 3.63) is 0 Å². The van der Waals surface area contributed by atoms with Gasteiger partial charge in [0, 0.05) is 12.6 Å². The Labute approximate surface area is 89.6 Å². The van der Waals surface area contributed by atoms with Crippen LogP contribution >= 0.6 is 0 Å². The minimum atomic E-state index is -1.51. The lowest BCUT2D eigenvalue weighted by atomic mass is 10.2. The predicted molar refractivity (Wildman–Crippen MR) is 64.2 cm³/mol. The lowest BCUT2D eigenvalue weighted by molar-refractivity contribution is 0.253. The van der Waals surface area contributed by atoms with Gasteiger partial charge in [-0.05, 0) is 37.5 Å². The van der Waals surface area contributed by atoms with E-state index in [0.717, 1.165) is 6.61 Å². The SMILES string of the molecule is CC(C)(C)[Si](C)(C)OCC1CCCN1. The Hall–Kier alpha value is 0.137. The van der Waals surface area contributed by atoms with Crippen molar-refractivity contribution in [1.82, 2.24) is 5.32 Å². The molecular weight excluding hydrogens is 190 g/mol. The largest absolute Gasteiger partial charge is 0.415 e. The molecule has 1 rings (SSSR count). The monoisotopic (exact) mass is 215 g/mol. The van der Waals surface area contributed by atoms with Crippen LogP contribution < -0.4 is 5.32 Å². The average molecular weight is 215 g/mol. The topological polar surface area (TPSA) is 21.3 Å². The van der Waals surface area contributed by atoms with Gasteiger partial charge in [-0.25, -0.2) is 0 Å². The Morgan fingerprint density at radius 2 is 2.00 bits per heavy atom. The highest BCUT2D eigenvalue weighted by molar-refractivity contribution is 6.74. The van der Waals surface area contributed by atoms with E-state index in [1.165, 1.54) is 19.4 Å². The van der Waals surface area contributed by atoms with Crippen LogP contribution in [0.1, 0.15) is 33.6 Å². The average Bonchev–Trinajstić information content (AvgIpc) is 2.50. The molecule has 1 N–H and O–H groups in total. The minimum absolute atomic E-state index is 0.339. The highest BCUT2D eigenvalue weighted by Crippen LogP contribution is 2.36. The number of rotatable bonds is 3. The summed E-state index contributed by atoms with van der Waals surface area (Å²) in [5.41, 5.74) is 0. The van der Waals surface area contributed by atoms with Gasteiger partial charge in [-0.1, -0.05) is 20.8 Å².